The van der Waals surface area contributed by atoms with Crippen molar-refractivity contribution in [2.75, 3.05) is 0 Å². The van der Waals surface area contributed by atoms with Crippen LogP contribution < -0.4 is 5.32 Å². The fraction of sp³-hybridized carbons (Fsp3) is 0.467. The van der Waals surface area contributed by atoms with E-state index in [1.807, 2.05) is 0 Å². The minimum Gasteiger partial charge on any atom is -0.344 e. The molecule has 0 radical (unpaired) electrons. The number of rotatable bonds is 4. The van der Waals surface area contributed by atoms with Gasteiger partial charge in [-0.3, -0.25) is 9.59 Å². The van der Waals surface area contributed by atoms with Crippen molar-refractivity contribution in [1.82, 2.24) is 10.2 Å². The Labute approximate surface area is 127 Å². The second-order valence-electron chi connectivity index (χ2n) is 5.56. The summed E-state index contributed by atoms with van der Waals surface area (Å²) in [6, 6.07) is 4.15. The summed E-state index contributed by atoms with van der Waals surface area (Å²) < 4.78 is 13.9. The quantitative estimate of drug-likeness (QED) is 0.927. The third-order valence-corrected chi connectivity index (χ3v) is 4.31. The molecule has 1 saturated heterocycles. The van der Waals surface area contributed by atoms with Crippen molar-refractivity contribution in [1.29, 1.82) is 0 Å². The number of halogens is 2. The molecule has 2 fully saturated rings. The first kappa shape index (κ1) is 14.3. The zero-order valence-corrected chi connectivity index (χ0v) is 12.2. The maximum atomic E-state index is 13.9. The molecule has 1 N–H and O–H groups in total. The van der Waals surface area contributed by atoms with Gasteiger partial charge in [-0.2, -0.15) is 0 Å². The summed E-state index contributed by atoms with van der Waals surface area (Å²) >= 11 is 6.04. The lowest BCUT2D eigenvalue weighted by Gasteiger charge is -2.26. The van der Waals surface area contributed by atoms with Gasteiger partial charge >= 0.3 is 0 Å². The van der Waals surface area contributed by atoms with Gasteiger partial charge in [0.2, 0.25) is 11.8 Å². The number of nitrogens with zero attached hydrogens (tertiary/aromatic N) is 1. The van der Waals surface area contributed by atoms with E-state index in [-0.39, 0.29) is 24.4 Å². The Morgan fingerprint density at radius 2 is 2.14 bits per heavy atom. The summed E-state index contributed by atoms with van der Waals surface area (Å²) in [5, 5.41) is 3.00. The molecule has 4 nitrogen and oxygen atoms in total. The summed E-state index contributed by atoms with van der Waals surface area (Å²) in [4.78, 5) is 25.5. The molecule has 1 aromatic rings. The third kappa shape index (κ3) is 3.02. The highest BCUT2D eigenvalue weighted by Crippen LogP contribution is 2.31. The van der Waals surface area contributed by atoms with Gasteiger partial charge in [0.15, 0.2) is 0 Å². The lowest BCUT2D eigenvalue weighted by atomic mass is 10.1. The molecule has 6 heteroatoms. The molecule has 1 unspecified atom stereocenters. The molecular formula is C15H16ClFN2O2. The number of carbonyl (C=O) groups excluding carboxylic acids is 2. The first-order chi connectivity index (χ1) is 10.1. The molecule has 1 saturated carbocycles. The highest BCUT2D eigenvalue weighted by Gasteiger charge is 2.38. The van der Waals surface area contributed by atoms with E-state index in [1.165, 1.54) is 6.07 Å². The van der Waals surface area contributed by atoms with Crippen molar-refractivity contribution in [2.24, 2.45) is 0 Å². The van der Waals surface area contributed by atoms with Gasteiger partial charge < -0.3 is 10.2 Å². The van der Waals surface area contributed by atoms with Crippen LogP contribution in [-0.2, 0) is 16.1 Å². The van der Waals surface area contributed by atoms with Gasteiger partial charge in [-0.1, -0.05) is 17.7 Å². The fourth-order valence-corrected chi connectivity index (χ4v) is 2.85. The number of benzene rings is 1. The Balaban J connectivity index is 1.79. The maximum Gasteiger partial charge on any atom is 0.245 e. The lowest BCUT2D eigenvalue weighted by Crippen LogP contribution is -2.45. The van der Waals surface area contributed by atoms with Crippen LogP contribution in [0.15, 0.2) is 18.2 Å². The molecule has 112 valence electrons. The van der Waals surface area contributed by atoms with Crippen molar-refractivity contribution in [3.63, 3.8) is 0 Å². The summed E-state index contributed by atoms with van der Waals surface area (Å²) in [6.45, 7) is 0.154. The Morgan fingerprint density at radius 3 is 2.71 bits per heavy atom. The van der Waals surface area contributed by atoms with Crippen LogP contribution in [0.3, 0.4) is 0 Å². The Hall–Kier alpha value is -1.62. The van der Waals surface area contributed by atoms with Gasteiger partial charge in [0.25, 0.3) is 0 Å². The van der Waals surface area contributed by atoms with Gasteiger partial charge in [0, 0.05) is 23.0 Å². The van der Waals surface area contributed by atoms with Crippen molar-refractivity contribution in [2.45, 2.75) is 44.3 Å². The SMILES string of the molecule is O=C1CCC(C(=O)N(Cc2c(F)cccc2Cl)C2CC2)N1. The number of nitrogens with one attached hydrogen (secondary N) is 1. The first-order valence-electron chi connectivity index (χ1n) is 7.09. The van der Waals surface area contributed by atoms with Gasteiger partial charge in [-0.25, -0.2) is 4.39 Å². The van der Waals surface area contributed by atoms with Crippen molar-refractivity contribution < 1.29 is 14.0 Å². The third-order valence-electron chi connectivity index (χ3n) is 3.95. The van der Waals surface area contributed by atoms with E-state index >= 15 is 0 Å². The fourth-order valence-electron chi connectivity index (χ4n) is 2.63. The molecule has 1 heterocycles. The lowest BCUT2D eigenvalue weighted by molar-refractivity contribution is -0.135. The maximum absolute atomic E-state index is 13.9. The van der Waals surface area contributed by atoms with Crippen LogP contribution in [0.4, 0.5) is 4.39 Å². The predicted octanol–water partition coefficient (Wildman–Crippen LogP) is 2.25. The average molecular weight is 311 g/mol. The van der Waals surface area contributed by atoms with Crippen LogP contribution in [0.1, 0.15) is 31.2 Å². The number of hydrogen-bond donors (Lipinski definition) is 1. The molecule has 1 aliphatic heterocycles. The summed E-state index contributed by atoms with van der Waals surface area (Å²) in [6.07, 6.45) is 2.71. The summed E-state index contributed by atoms with van der Waals surface area (Å²) in [7, 11) is 0. The largest absolute Gasteiger partial charge is 0.344 e. The number of carbonyl (C=O) groups is 2. The minimum atomic E-state index is -0.483. The molecule has 1 atom stereocenters. The first-order valence-corrected chi connectivity index (χ1v) is 7.47. The molecule has 2 amide bonds. The summed E-state index contributed by atoms with van der Waals surface area (Å²) in [5.41, 5.74) is 0.337. The molecule has 0 bridgehead atoms. The Kier molecular flexibility index (Phi) is 3.85. The van der Waals surface area contributed by atoms with E-state index in [1.54, 1.807) is 17.0 Å². The van der Waals surface area contributed by atoms with Crippen LogP contribution in [0, 0.1) is 5.82 Å². The monoisotopic (exact) mass is 310 g/mol. The standard InChI is InChI=1S/C15H16ClFN2O2/c16-11-2-1-3-12(17)10(11)8-19(9-4-5-9)15(21)13-6-7-14(20)18-13/h1-3,9,13H,4-8H2,(H,18,20). The van der Waals surface area contributed by atoms with Crippen LogP contribution in [0.25, 0.3) is 0 Å². The van der Waals surface area contributed by atoms with E-state index in [2.05, 4.69) is 5.32 Å². The molecule has 0 spiro atoms. The zero-order chi connectivity index (χ0) is 15.0. The van der Waals surface area contributed by atoms with Gasteiger partial charge in [-0.05, 0) is 31.4 Å². The smallest absolute Gasteiger partial charge is 0.245 e. The minimum absolute atomic E-state index is 0.104. The number of amides is 2. The topological polar surface area (TPSA) is 49.4 Å². The number of hydrogen-bond acceptors (Lipinski definition) is 2. The second kappa shape index (κ2) is 5.64. The van der Waals surface area contributed by atoms with E-state index in [4.69, 9.17) is 11.6 Å². The van der Waals surface area contributed by atoms with E-state index in [9.17, 15) is 14.0 Å². The van der Waals surface area contributed by atoms with E-state index in [0.717, 1.165) is 12.8 Å². The molecule has 3 rings (SSSR count). The molecule has 1 aliphatic carbocycles. The van der Waals surface area contributed by atoms with Gasteiger partial charge in [-0.15, -0.1) is 0 Å². The Bertz CT molecular complexity index is 569. The van der Waals surface area contributed by atoms with Crippen molar-refractivity contribution in [3.8, 4) is 0 Å². The molecule has 2 aliphatic rings. The average Bonchev–Trinajstić information content (AvgIpc) is 3.19. The van der Waals surface area contributed by atoms with Gasteiger partial charge in [0.1, 0.15) is 11.9 Å². The van der Waals surface area contributed by atoms with Crippen LogP contribution in [0.5, 0.6) is 0 Å². The molecule has 21 heavy (non-hydrogen) atoms. The highest BCUT2D eigenvalue weighted by atomic mass is 35.5. The molecular weight excluding hydrogens is 295 g/mol. The predicted molar refractivity (Wildman–Crippen MR) is 76.1 cm³/mol. The van der Waals surface area contributed by atoms with E-state index in [0.29, 0.717) is 23.4 Å². The highest BCUT2D eigenvalue weighted by molar-refractivity contribution is 6.31. The van der Waals surface area contributed by atoms with Crippen LogP contribution in [0.2, 0.25) is 5.02 Å². The Morgan fingerprint density at radius 1 is 1.38 bits per heavy atom. The molecule has 1 aromatic carbocycles. The normalized spacial score (nSPS) is 21.2. The van der Waals surface area contributed by atoms with Crippen LogP contribution in [-0.4, -0.2) is 28.8 Å². The zero-order valence-electron chi connectivity index (χ0n) is 11.4. The van der Waals surface area contributed by atoms with Crippen molar-refractivity contribution >= 4 is 23.4 Å². The molecule has 0 aromatic heterocycles. The van der Waals surface area contributed by atoms with Crippen molar-refractivity contribution in [3.05, 3.63) is 34.6 Å². The second-order valence-corrected chi connectivity index (χ2v) is 5.96. The van der Waals surface area contributed by atoms with Gasteiger partial charge in [0.05, 0.1) is 6.54 Å². The van der Waals surface area contributed by atoms with E-state index < -0.39 is 11.9 Å². The van der Waals surface area contributed by atoms with Crippen LogP contribution >= 0.6 is 11.6 Å². The summed E-state index contributed by atoms with van der Waals surface area (Å²) in [5.74, 6) is -0.646.